The number of carbonyl (C=O) groups excluding carboxylic acids is 3. The third-order valence-electron chi connectivity index (χ3n) is 4.49. The van der Waals surface area contributed by atoms with Crippen LogP contribution in [0.1, 0.15) is 11.1 Å². The molecule has 1 fully saturated rings. The van der Waals surface area contributed by atoms with Gasteiger partial charge in [0.2, 0.25) is 5.91 Å². The molecule has 0 unspecified atom stereocenters. The number of hydrogen-bond acceptors (Lipinski definition) is 5. The number of nitrogens with zero attached hydrogens (tertiary/aromatic N) is 2. The van der Waals surface area contributed by atoms with E-state index in [1.807, 2.05) is 48.5 Å². The zero-order chi connectivity index (χ0) is 19.8. The van der Waals surface area contributed by atoms with Crippen LogP contribution in [-0.2, 0) is 20.8 Å². The summed E-state index contributed by atoms with van der Waals surface area (Å²) in [5.41, 5.74) is 5.12. The second kappa shape index (κ2) is 7.21. The zero-order valence-electron chi connectivity index (χ0n) is 14.8. The van der Waals surface area contributed by atoms with Crippen LogP contribution in [0.2, 0.25) is 0 Å². The fourth-order valence-electron chi connectivity index (χ4n) is 3.15. The first kappa shape index (κ1) is 18.4. The number of nitrogens with one attached hydrogen (secondary N) is 1. The molecule has 2 aliphatic heterocycles. The summed E-state index contributed by atoms with van der Waals surface area (Å²) in [5.74, 6) is -1.12. The highest BCUT2D eigenvalue weighted by Gasteiger charge is 2.41. The number of hydrogen-bond donors (Lipinski definition) is 1. The molecule has 0 bridgehead atoms. The Hall–Kier alpha value is -2.97. The molecule has 0 radical (unpaired) electrons. The number of rotatable bonds is 3. The summed E-state index contributed by atoms with van der Waals surface area (Å²) < 4.78 is 0.189. The molecular formula is C20H15N3O3S2. The maximum absolute atomic E-state index is 12.9. The average Bonchev–Trinajstić information content (AvgIpc) is 3.10. The maximum Gasteiger partial charge on any atom is 0.286 e. The van der Waals surface area contributed by atoms with E-state index in [-0.39, 0.29) is 27.5 Å². The number of thiocarbonyl (C=S) groups is 1. The third kappa shape index (κ3) is 3.10. The van der Waals surface area contributed by atoms with Crippen molar-refractivity contribution in [2.45, 2.75) is 6.42 Å². The predicted molar refractivity (Wildman–Crippen MR) is 112 cm³/mol. The van der Waals surface area contributed by atoms with E-state index in [1.165, 1.54) is 4.90 Å². The van der Waals surface area contributed by atoms with Crippen LogP contribution < -0.4 is 10.3 Å². The van der Waals surface area contributed by atoms with Gasteiger partial charge in [-0.3, -0.25) is 19.8 Å². The average molecular weight is 409 g/mol. The maximum atomic E-state index is 12.9. The molecule has 28 heavy (non-hydrogen) atoms. The van der Waals surface area contributed by atoms with Gasteiger partial charge in [0.25, 0.3) is 11.8 Å². The second-order valence-electron chi connectivity index (χ2n) is 6.29. The fourth-order valence-corrected chi connectivity index (χ4v) is 4.40. The van der Waals surface area contributed by atoms with Crippen LogP contribution in [0.3, 0.4) is 0 Å². The number of hydrazine groups is 1. The van der Waals surface area contributed by atoms with E-state index in [1.54, 1.807) is 13.1 Å². The normalized spacial score (nSPS) is 18.7. The quantitative estimate of drug-likeness (QED) is 0.623. The smallest absolute Gasteiger partial charge is 0.286 e. The molecule has 1 N–H and O–H groups in total. The molecule has 1 saturated heterocycles. The summed E-state index contributed by atoms with van der Waals surface area (Å²) in [7, 11) is 1.66. The Morgan fingerprint density at radius 2 is 1.71 bits per heavy atom. The minimum absolute atomic E-state index is 0.119. The number of para-hydroxylation sites is 1. The van der Waals surface area contributed by atoms with E-state index in [0.29, 0.717) is 11.1 Å². The molecule has 8 heteroatoms. The molecule has 4 rings (SSSR count). The zero-order valence-corrected chi connectivity index (χ0v) is 16.5. The van der Waals surface area contributed by atoms with E-state index in [2.05, 4.69) is 5.43 Å². The van der Waals surface area contributed by atoms with Crippen LogP contribution >= 0.6 is 24.0 Å². The first-order valence-electron chi connectivity index (χ1n) is 8.49. The Kier molecular flexibility index (Phi) is 4.74. The van der Waals surface area contributed by atoms with Crippen LogP contribution in [0.4, 0.5) is 5.69 Å². The Labute approximate surface area is 171 Å². The van der Waals surface area contributed by atoms with Gasteiger partial charge in [-0.1, -0.05) is 60.3 Å². The number of anilines is 1. The molecular weight excluding hydrogens is 394 g/mol. The van der Waals surface area contributed by atoms with E-state index >= 15 is 0 Å². The van der Waals surface area contributed by atoms with Crippen LogP contribution in [0, 0.1) is 0 Å². The molecule has 2 aromatic rings. The lowest BCUT2D eigenvalue weighted by Crippen LogP contribution is -2.45. The first-order valence-corrected chi connectivity index (χ1v) is 9.71. The van der Waals surface area contributed by atoms with Gasteiger partial charge in [-0.25, -0.2) is 0 Å². The monoisotopic (exact) mass is 409 g/mol. The third-order valence-corrected chi connectivity index (χ3v) is 5.87. The van der Waals surface area contributed by atoms with E-state index in [9.17, 15) is 14.4 Å². The fraction of sp³-hybridized carbons (Fsp3) is 0.100. The van der Waals surface area contributed by atoms with Crippen LogP contribution in [0.25, 0.3) is 5.57 Å². The Bertz CT molecular complexity index is 1050. The summed E-state index contributed by atoms with van der Waals surface area (Å²) in [5, 5.41) is 1.04. The largest absolute Gasteiger partial charge is 0.311 e. The minimum Gasteiger partial charge on any atom is -0.311 e. The van der Waals surface area contributed by atoms with Crippen molar-refractivity contribution in [3.05, 3.63) is 70.6 Å². The molecule has 0 atom stereocenters. The number of fused-ring (bicyclic) bond motifs is 1. The number of carbonyl (C=O) groups is 3. The van der Waals surface area contributed by atoms with Gasteiger partial charge < -0.3 is 4.90 Å². The summed E-state index contributed by atoms with van der Waals surface area (Å²) in [6.07, 6.45) is 0.119. The second-order valence-corrected chi connectivity index (χ2v) is 7.94. The molecule has 0 aliphatic carbocycles. The van der Waals surface area contributed by atoms with Crippen molar-refractivity contribution in [1.82, 2.24) is 10.4 Å². The Balaban J connectivity index is 1.60. The standard InChI is InChI=1S/C20H15N3O3S2/c1-22-14-10-6-5-9-13(14)16(18(22)25)17-19(26)23(20(27)28-17)21-15(24)11-12-7-3-2-4-8-12/h2-10H,11H2,1H3,(H,21,24)/b17-16-. The predicted octanol–water partition coefficient (Wildman–Crippen LogP) is 2.51. The molecule has 0 saturated carbocycles. The Morgan fingerprint density at radius 3 is 2.46 bits per heavy atom. The highest BCUT2D eigenvalue weighted by atomic mass is 32.2. The molecule has 0 aromatic heterocycles. The van der Waals surface area contributed by atoms with E-state index < -0.39 is 5.91 Å². The van der Waals surface area contributed by atoms with Crippen LogP contribution in [0.15, 0.2) is 59.5 Å². The van der Waals surface area contributed by atoms with Crippen molar-refractivity contribution in [2.24, 2.45) is 0 Å². The first-order chi connectivity index (χ1) is 13.5. The molecule has 2 heterocycles. The summed E-state index contributed by atoms with van der Waals surface area (Å²) in [4.78, 5) is 39.7. The van der Waals surface area contributed by atoms with Gasteiger partial charge in [0.1, 0.15) is 0 Å². The van der Waals surface area contributed by atoms with E-state index in [0.717, 1.165) is 28.0 Å². The number of likely N-dealkylation sites (N-methyl/N-ethyl adjacent to an activating group) is 1. The minimum atomic E-state index is -0.495. The van der Waals surface area contributed by atoms with Gasteiger partial charge in [0, 0.05) is 12.6 Å². The lowest BCUT2D eigenvalue weighted by atomic mass is 10.1. The highest BCUT2D eigenvalue weighted by Crippen LogP contribution is 2.43. The van der Waals surface area contributed by atoms with Crippen molar-refractivity contribution >= 4 is 57.3 Å². The number of benzene rings is 2. The molecule has 2 aliphatic rings. The molecule has 6 nitrogen and oxygen atoms in total. The molecule has 0 spiro atoms. The van der Waals surface area contributed by atoms with Crippen molar-refractivity contribution in [2.75, 3.05) is 11.9 Å². The Morgan fingerprint density at radius 1 is 1.04 bits per heavy atom. The molecule has 2 aromatic carbocycles. The lowest BCUT2D eigenvalue weighted by Gasteiger charge is -2.15. The van der Waals surface area contributed by atoms with Crippen LogP contribution in [0.5, 0.6) is 0 Å². The summed E-state index contributed by atoms with van der Waals surface area (Å²) >= 11 is 6.30. The van der Waals surface area contributed by atoms with Gasteiger partial charge in [-0.05, 0) is 23.8 Å². The van der Waals surface area contributed by atoms with Gasteiger partial charge in [-0.15, -0.1) is 0 Å². The summed E-state index contributed by atoms with van der Waals surface area (Å²) in [6, 6.07) is 16.5. The van der Waals surface area contributed by atoms with Crippen molar-refractivity contribution < 1.29 is 14.4 Å². The topological polar surface area (TPSA) is 69.7 Å². The van der Waals surface area contributed by atoms with E-state index in [4.69, 9.17) is 12.2 Å². The van der Waals surface area contributed by atoms with Crippen molar-refractivity contribution in [1.29, 1.82) is 0 Å². The highest BCUT2D eigenvalue weighted by molar-refractivity contribution is 8.26. The molecule has 140 valence electrons. The van der Waals surface area contributed by atoms with Gasteiger partial charge >= 0.3 is 0 Å². The van der Waals surface area contributed by atoms with Gasteiger partial charge in [-0.2, -0.15) is 5.01 Å². The van der Waals surface area contributed by atoms with Gasteiger partial charge in [0.05, 0.1) is 22.6 Å². The SMILES string of the molecule is CN1C(=O)/C(=C2\SC(=S)N(NC(=O)Cc3ccccc3)C2=O)c2ccccc21. The van der Waals surface area contributed by atoms with Crippen LogP contribution in [-0.4, -0.2) is 34.1 Å². The number of amides is 3. The lowest BCUT2D eigenvalue weighted by molar-refractivity contribution is -0.132. The molecule has 3 amide bonds. The number of thioether (sulfide) groups is 1. The van der Waals surface area contributed by atoms with Gasteiger partial charge in [0.15, 0.2) is 4.32 Å². The van der Waals surface area contributed by atoms with Crippen molar-refractivity contribution in [3.8, 4) is 0 Å². The summed E-state index contributed by atoms with van der Waals surface area (Å²) in [6.45, 7) is 0. The van der Waals surface area contributed by atoms with Crippen molar-refractivity contribution in [3.63, 3.8) is 0 Å².